The molecule has 1 fully saturated rings. The average Bonchev–Trinajstić information content (AvgIpc) is 2.94. The monoisotopic (exact) mass is 557 g/mol. The Bertz CT molecular complexity index is 1310. The number of ether oxygens (including phenoxy) is 2. The molecule has 12 heteroatoms. The second kappa shape index (κ2) is 13.2. The fourth-order valence-corrected chi connectivity index (χ4v) is 4.31. The number of anilines is 2. The third-order valence-corrected chi connectivity index (χ3v) is 6.34. The Morgan fingerprint density at radius 1 is 1.02 bits per heavy atom. The SMILES string of the molecule is CNC(=O)c1cc(Oc2ccc(NC(=O)Nc3cccc(OCCC4CCNCC4)c3C(F)(F)F)cc2)ccn1. The van der Waals surface area contributed by atoms with Crippen molar-refractivity contribution in [3.05, 3.63) is 72.1 Å². The van der Waals surface area contributed by atoms with Gasteiger partial charge in [-0.05, 0) is 80.7 Å². The number of halogens is 3. The number of hydrogen-bond acceptors (Lipinski definition) is 6. The van der Waals surface area contributed by atoms with E-state index >= 15 is 0 Å². The molecule has 1 saturated heterocycles. The minimum atomic E-state index is -4.74. The maximum atomic E-state index is 14.0. The zero-order chi connectivity index (χ0) is 28.5. The molecule has 3 aromatic rings. The summed E-state index contributed by atoms with van der Waals surface area (Å²) in [5.41, 5.74) is -0.931. The highest BCUT2D eigenvalue weighted by molar-refractivity contribution is 6.00. The Kier molecular flexibility index (Phi) is 9.43. The summed E-state index contributed by atoms with van der Waals surface area (Å²) in [6.45, 7) is 1.95. The predicted molar refractivity (Wildman–Crippen MR) is 144 cm³/mol. The molecule has 1 aliphatic heterocycles. The highest BCUT2D eigenvalue weighted by Crippen LogP contribution is 2.41. The second-order valence-corrected chi connectivity index (χ2v) is 9.17. The van der Waals surface area contributed by atoms with Gasteiger partial charge in [-0.3, -0.25) is 9.78 Å². The molecule has 9 nitrogen and oxygen atoms in total. The van der Waals surface area contributed by atoms with Crippen LogP contribution in [0.25, 0.3) is 0 Å². The van der Waals surface area contributed by atoms with E-state index in [9.17, 15) is 22.8 Å². The number of aromatic nitrogens is 1. The fraction of sp³-hybridized carbons (Fsp3) is 0.321. The average molecular weight is 558 g/mol. The normalized spacial score (nSPS) is 13.8. The molecule has 1 aliphatic rings. The molecule has 212 valence electrons. The standard InChI is InChI=1S/C28H30F3N5O4/c1-32-26(37)23-17-21(11-15-34-23)40-20-7-5-19(6-8-20)35-27(38)36-22-3-2-4-24(25(22)28(29,30)31)39-16-12-18-9-13-33-14-10-18/h2-8,11,15,17-18,33H,9-10,12-14,16H2,1H3,(H,32,37)(H2,35,36,38). The molecule has 2 aromatic carbocycles. The zero-order valence-electron chi connectivity index (χ0n) is 21.8. The van der Waals surface area contributed by atoms with Crippen molar-refractivity contribution in [2.75, 3.05) is 37.4 Å². The van der Waals surface area contributed by atoms with E-state index in [0.717, 1.165) is 25.9 Å². The van der Waals surface area contributed by atoms with Gasteiger partial charge in [0.1, 0.15) is 28.5 Å². The number of rotatable bonds is 9. The summed E-state index contributed by atoms with van der Waals surface area (Å²) in [5, 5.41) is 10.5. The van der Waals surface area contributed by atoms with Crippen molar-refractivity contribution >= 4 is 23.3 Å². The number of nitrogens with zero attached hydrogens (tertiary/aromatic N) is 1. The lowest BCUT2D eigenvalue weighted by Crippen LogP contribution is -2.28. The van der Waals surface area contributed by atoms with E-state index in [-0.39, 0.29) is 24.0 Å². The number of nitrogens with one attached hydrogen (secondary N) is 4. The lowest BCUT2D eigenvalue weighted by molar-refractivity contribution is -0.138. The third kappa shape index (κ3) is 7.85. The van der Waals surface area contributed by atoms with Gasteiger partial charge in [-0.1, -0.05) is 6.07 Å². The van der Waals surface area contributed by atoms with E-state index in [1.165, 1.54) is 49.6 Å². The molecule has 40 heavy (non-hydrogen) atoms. The maximum absolute atomic E-state index is 14.0. The Hall–Kier alpha value is -4.32. The predicted octanol–water partition coefficient (Wildman–Crippen LogP) is 5.66. The zero-order valence-corrected chi connectivity index (χ0v) is 21.8. The van der Waals surface area contributed by atoms with Crippen LogP contribution in [0.2, 0.25) is 0 Å². The van der Waals surface area contributed by atoms with Crippen molar-refractivity contribution in [3.8, 4) is 17.2 Å². The first kappa shape index (κ1) is 28.7. The minimum Gasteiger partial charge on any atom is -0.493 e. The molecule has 4 rings (SSSR count). The molecule has 0 bridgehead atoms. The number of carbonyl (C=O) groups is 2. The third-order valence-electron chi connectivity index (χ3n) is 6.34. The van der Waals surface area contributed by atoms with Crippen LogP contribution in [0.4, 0.5) is 29.3 Å². The first-order chi connectivity index (χ1) is 19.2. The summed E-state index contributed by atoms with van der Waals surface area (Å²) in [5.74, 6) is 0.512. The number of hydrogen-bond donors (Lipinski definition) is 4. The van der Waals surface area contributed by atoms with Gasteiger partial charge in [0.2, 0.25) is 0 Å². The van der Waals surface area contributed by atoms with Crippen molar-refractivity contribution in [1.82, 2.24) is 15.6 Å². The van der Waals surface area contributed by atoms with E-state index in [0.29, 0.717) is 29.5 Å². The quantitative estimate of drug-likeness (QED) is 0.270. The van der Waals surface area contributed by atoms with E-state index in [1.54, 1.807) is 18.2 Å². The van der Waals surface area contributed by atoms with Crippen LogP contribution in [-0.4, -0.2) is 43.7 Å². The summed E-state index contributed by atoms with van der Waals surface area (Å²) >= 11 is 0. The van der Waals surface area contributed by atoms with Crippen LogP contribution in [0.15, 0.2) is 60.8 Å². The second-order valence-electron chi connectivity index (χ2n) is 9.17. The van der Waals surface area contributed by atoms with Crippen molar-refractivity contribution in [3.63, 3.8) is 0 Å². The van der Waals surface area contributed by atoms with Crippen LogP contribution in [-0.2, 0) is 6.18 Å². The van der Waals surface area contributed by atoms with Crippen molar-refractivity contribution in [2.45, 2.75) is 25.4 Å². The Morgan fingerprint density at radius 3 is 2.48 bits per heavy atom. The van der Waals surface area contributed by atoms with Gasteiger partial charge in [-0.2, -0.15) is 13.2 Å². The molecule has 0 atom stereocenters. The lowest BCUT2D eigenvalue weighted by Gasteiger charge is -2.23. The smallest absolute Gasteiger partial charge is 0.421 e. The van der Waals surface area contributed by atoms with E-state index in [4.69, 9.17) is 9.47 Å². The van der Waals surface area contributed by atoms with Crippen molar-refractivity contribution < 1.29 is 32.2 Å². The number of pyridine rings is 1. The van der Waals surface area contributed by atoms with Gasteiger partial charge in [0.15, 0.2) is 0 Å². The summed E-state index contributed by atoms with van der Waals surface area (Å²) in [7, 11) is 1.49. The Labute approximate surface area is 229 Å². The van der Waals surface area contributed by atoms with Gasteiger partial charge < -0.3 is 30.7 Å². The molecule has 0 unspecified atom stereocenters. The van der Waals surface area contributed by atoms with Crippen LogP contribution >= 0.6 is 0 Å². The fourth-order valence-electron chi connectivity index (χ4n) is 4.31. The van der Waals surface area contributed by atoms with Crippen LogP contribution in [0.1, 0.15) is 35.3 Å². The number of urea groups is 1. The minimum absolute atomic E-state index is 0.157. The number of piperidine rings is 1. The molecule has 2 heterocycles. The van der Waals surface area contributed by atoms with E-state index < -0.39 is 23.5 Å². The number of amides is 3. The van der Waals surface area contributed by atoms with Gasteiger partial charge in [0.25, 0.3) is 5.91 Å². The van der Waals surface area contributed by atoms with Crippen LogP contribution in [0.3, 0.4) is 0 Å². The van der Waals surface area contributed by atoms with Crippen LogP contribution in [0.5, 0.6) is 17.2 Å². The molecular formula is C28H30F3N5O4. The largest absolute Gasteiger partial charge is 0.493 e. The molecule has 0 spiro atoms. The molecule has 0 aliphatic carbocycles. The van der Waals surface area contributed by atoms with Crippen LogP contribution in [0, 0.1) is 5.92 Å². The van der Waals surface area contributed by atoms with E-state index in [1.807, 2.05) is 0 Å². The van der Waals surface area contributed by atoms with Gasteiger partial charge in [0.05, 0.1) is 12.3 Å². The van der Waals surface area contributed by atoms with Crippen molar-refractivity contribution in [1.29, 1.82) is 0 Å². The number of benzene rings is 2. The maximum Gasteiger partial charge on any atom is 0.421 e. The lowest BCUT2D eigenvalue weighted by atomic mass is 9.95. The summed E-state index contributed by atoms with van der Waals surface area (Å²) in [4.78, 5) is 28.3. The molecule has 1 aromatic heterocycles. The van der Waals surface area contributed by atoms with Gasteiger partial charge in [-0.15, -0.1) is 0 Å². The molecule has 3 amide bonds. The summed E-state index contributed by atoms with van der Waals surface area (Å²) in [6.07, 6.45) is -0.714. The Morgan fingerprint density at radius 2 is 1.77 bits per heavy atom. The van der Waals surface area contributed by atoms with Gasteiger partial charge >= 0.3 is 12.2 Å². The first-order valence-corrected chi connectivity index (χ1v) is 12.8. The number of alkyl halides is 3. The highest BCUT2D eigenvalue weighted by Gasteiger charge is 2.38. The highest BCUT2D eigenvalue weighted by atomic mass is 19.4. The summed E-state index contributed by atoms with van der Waals surface area (Å²) in [6, 6.07) is 12.2. The topological polar surface area (TPSA) is 114 Å². The number of carbonyl (C=O) groups excluding carboxylic acids is 2. The molecule has 4 N–H and O–H groups in total. The van der Waals surface area contributed by atoms with Gasteiger partial charge in [-0.25, -0.2) is 4.79 Å². The molecule has 0 saturated carbocycles. The first-order valence-electron chi connectivity index (χ1n) is 12.8. The summed E-state index contributed by atoms with van der Waals surface area (Å²) < 4.78 is 53.2. The van der Waals surface area contributed by atoms with Crippen LogP contribution < -0.4 is 30.7 Å². The molecule has 0 radical (unpaired) electrons. The van der Waals surface area contributed by atoms with Gasteiger partial charge in [0, 0.05) is 25.0 Å². The molecular weight excluding hydrogens is 527 g/mol. The van der Waals surface area contributed by atoms with Crippen molar-refractivity contribution in [2.24, 2.45) is 5.92 Å². The Balaban J connectivity index is 1.38. The van der Waals surface area contributed by atoms with E-state index in [2.05, 4.69) is 26.3 Å².